The molecule has 8 nitrogen and oxygen atoms in total. The zero-order valence-electron chi connectivity index (χ0n) is 18.3. The number of benzene rings is 2. The summed E-state index contributed by atoms with van der Waals surface area (Å²) in [5, 5.41) is 0. The van der Waals surface area contributed by atoms with Crippen molar-refractivity contribution in [3.63, 3.8) is 0 Å². The lowest BCUT2D eigenvalue weighted by molar-refractivity contribution is 0.321. The molecule has 3 aromatic rings. The van der Waals surface area contributed by atoms with Crippen LogP contribution in [0.5, 0.6) is 11.5 Å². The predicted octanol–water partition coefficient (Wildman–Crippen LogP) is 3.39. The number of para-hydroxylation sites is 1. The molecule has 1 heterocycles. The van der Waals surface area contributed by atoms with Crippen LogP contribution in [0, 0.1) is 13.8 Å². The molecule has 0 aliphatic carbocycles. The van der Waals surface area contributed by atoms with Gasteiger partial charge in [0, 0.05) is 13.1 Å². The largest absolute Gasteiger partial charge is 0.494 e. The van der Waals surface area contributed by atoms with Gasteiger partial charge in [-0.2, -0.15) is 0 Å². The number of nitrogens with one attached hydrogen (secondary N) is 1. The lowest BCUT2D eigenvalue weighted by Gasteiger charge is -2.15. The Balaban J connectivity index is 2.12. The first kappa shape index (κ1) is 22.5. The van der Waals surface area contributed by atoms with Crippen molar-refractivity contribution in [1.82, 2.24) is 9.36 Å². The van der Waals surface area contributed by atoms with Crippen LogP contribution in [0.2, 0.25) is 0 Å². The standard InChI is InChI=1S/C22H27N3O5S/c1-6-29-18-14-20(19(30-7-2)13-15(18)3)31(27,28)23-21-16(4)24(5)25(22(21)26)17-11-9-8-10-12-17/h8-14,23H,6-7H2,1-5H3. The van der Waals surface area contributed by atoms with Crippen LogP contribution in [-0.2, 0) is 17.1 Å². The van der Waals surface area contributed by atoms with Crippen LogP contribution in [0.3, 0.4) is 0 Å². The summed E-state index contributed by atoms with van der Waals surface area (Å²) in [6.45, 7) is 7.78. The minimum Gasteiger partial charge on any atom is -0.494 e. The quantitative estimate of drug-likeness (QED) is 0.574. The number of ether oxygens (including phenoxy) is 2. The van der Waals surface area contributed by atoms with Crippen LogP contribution in [0.1, 0.15) is 25.1 Å². The maximum absolute atomic E-state index is 13.3. The smallest absolute Gasteiger partial charge is 0.296 e. The highest BCUT2D eigenvalue weighted by atomic mass is 32.2. The summed E-state index contributed by atoms with van der Waals surface area (Å²) in [5.41, 5.74) is 1.38. The molecule has 0 unspecified atom stereocenters. The summed E-state index contributed by atoms with van der Waals surface area (Å²) < 4.78 is 43.3. The van der Waals surface area contributed by atoms with E-state index >= 15 is 0 Å². The normalized spacial score (nSPS) is 11.4. The van der Waals surface area contributed by atoms with E-state index in [-0.39, 0.29) is 16.3 Å². The highest BCUT2D eigenvalue weighted by molar-refractivity contribution is 7.92. The molecule has 1 N–H and O–H groups in total. The van der Waals surface area contributed by atoms with Crippen LogP contribution >= 0.6 is 0 Å². The molecule has 166 valence electrons. The Kier molecular flexibility index (Phi) is 6.45. The van der Waals surface area contributed by atoms with Gasteiger partial charge in [0.25, 0.3) is 15.6 Å². The SMILES string of the molecule is CCOc1cc(S(=O)(=O)Nc2c(C)n(C)n(-c3ccccc3)c2=O)c(OCC)cc1C. The zero-order valence-corrected chi connectivity index (χ0v) is 19.1. The van der Waals surface area contributed by atoms with E-state index in [2.05, 4.69) is 4.72 Å². The summed E-state index contributed by atoms with van der Waals surface area (Å²) in [6.07, 6.45) is 0. The first-order chi connectivity index (χ1) is 14.7. The van der Waals surface area contributed by atoms with Crippen LogP contribution < -0.4 is 19.8 Å². The predicted molar refractivity (Wildman–Crippen MR) is 120 cm³/mol. The van der Waals surface area contributed by atoms with Crippen molar-refractivity contribution in [2.75, 3.05) is 17.9 Å². The van der Waals surface area contributed by atoms with Gasteiger partial charge >= 0.3 is 0 Å². The third-order valence-corrected chi connectivity index (χ3v) is 6.29. The van der Waals surface area contributed by atoms with E-state index in [1.54, 1.807) is 43.8 Å². The van der Waals surface area contributed by atoms with Gasteiger partial charge in [-0.25, -0.2) is 13.1 Å². The number of aryl methyl sites for hydroxylation is 1. The number of anilines is 1. The highest BCUT2D eigenvalue weighted by Gasteiger charge is 2.26. The first-order valence-corrected chi connectivity index (χ1v) is 11.5. The molecular weight excluding hydrogens is 418 g/mol. The van der Waals surface area contributed by atoms with Crippen molar-refractivity contribution >= 4 is 15.7 Å². The molecule has 0 aliphatic rings. The average molecular weight is 446 g/mol. The minimum absolute atomic E-state index is 0.0210. The van der Waals surface area contributed by atoms with E-state index in [0.29, 0.717) is 30.3 Å². The summed E-state index contributed by atoms with van der Waals surface area (Å²) in [7, 11) is -2.44. The van der Waals surface area contributed by atoms with Crippen molar-refractivity contribution < 1.29 is 17.9 Å². The number of hydrogen-bond acceptors (Lipinski definition) is 5. The Hall–Kier alpha value is -3.20. The van der Waals surface area contributed by atoms with Gasteiger partial charge in [-0.1, -0.05) is 18.2 Å². The molecule has 31 heavy (non-hydrogen) atoms. The third kappa shape index (κ3) is 4.32. The van der Waals surface area contributed by atoms with E-state index in [4.69, 9.17) is 9.47 Å². The Morgan fingerprint density at radius 2 is 1.58 bits per heavy atom. The van der Waals surface area contributed by atoms with Crippen LogP contribution in [0.25, 0.3) is 5.69 Å². The van der Waals surface area contributed by atoms with Crippen molar-refractivity contribution in [3.8, 4) is 17.2 Å². The van der Waals surface area contributed by atoms with E-state index in [9.17, 15) is 13.2 Å². The molecule has 0 radical (unpaired) electrons. The van der Waals surface area contributed by atoms with Gasteiger partial charge in [-0.3, -0.25) is 14.2 Å². The Labute approximate surface area is 182 Å². The second-order valence-corrected chi connectivity index (χ2v) is 8.62. The summed E-state index contributed by atoms with van der Waals surface area (Å²) in [5.74, 6) is 0.644. The van der Waals surface area contributed by atoms with Crippen molar-refractivity contribution in [3.05, 3.63) is 64.1 Å². The molecule has 0 spiro atoms. The van der Waals surface area contributed by atoms with E-state index in [1.165, 1.54) is 10.7 Å². The topological polar surface area (TPSA) is 91.6 Å². The Morgan fingerprint density at radius 1 is 0.968 bits per heavy atom. The number of sulfonamides is 1. The number of aromatic nitrogens is 2. The molecule has 0 bridgehead atoms. The first-order valence-electron chi connectivity index (χ1n) is 9.98. The minimum atomic E-state index is -4.14. The fourth-order valence-corrected chi connectivity index (χ4v) is 4.57. The molecule has 1 aromatic heterocycles. The Morgan fingerprint density at radius 3 is 2.19 bits per heavy atom. The second kappa shape index (κ2) is 8.89. The Bertz CT molecular complexity index is 1240. The number of nitrogens with zero attached hydrogens (tertiary/aromatic N) is 2. The molecule has 0 saturated carbocycles. The van der Waals surface area contributed by atoms with Crippen molar-refractivity contribution in [2.45, 2.75) is 32.6 Å². The maximum atomic E-state index is 13.3. The third-order valence-electron chi connectivity index (χ3n) is 4.92. The van der Waals surface area contributed by atoms with Crippen LogP contribution in [0.15, 0.2) is 52.2 Å². The second-order valence-electron chi connectivity index (χ2n) is 6.97. The fourth-order valence-electron chi connectivity index (χ4n) is 3.31. The molecule has 0 saturated heterocycles. The lowest BCUT2D eigenvalue weighted by atomic mass is 10.2. The van der Waals surface area contributed by atoms with Crippen LogP contribution in [-0.4, -0.2) is 31.0 Å². The number of rotatable bonds is 8. The van der Waals surface area contributed by atoms with Gasteiger partial charge in [-0.05, 0) is 51.5 Å². The molecule has 9 heteroatoms. The molecule has 3 rings (SSSR count). The van der Waals surface area contributed by atoms with Gasteiger partial charge in [-0.15, -0.1) is 0 Å². The molecule has 0 amide bonds. The molecule has 2 aromatic carbocycles. The molecular formula is C22H27N3O5S. The summed E-state index contributed by atoms with van der Waals surface area (Å²) in [6, 6.07) is 12.1. The van der Waals surface area contributed by atoms with Gasteiger partial charge in [0.2, 0.25) is 0 Å². The van der Waals surface area contributed by atoms with Crippen molar-refractivity contribution in [2.24, 2.45) is 7.05 Å². The van der Waals surface area contributed by atoms with E-state index in [0.717, 1.165) is 5.56 Å². The average Bonchev–Trinajstić information content (AvgIpc) is 2.93. The summed E-state index contributed by atoms with van der Waals surface area (Å²) >= 11 is 0. The van der Waals surface area contributed by atoms with Gasteiger partial charge in [0.15, 0.2) is 0 Å². The highest BCUT2D eigenvalue weighted by Crippen LogP contribution is 2.33. The zero-order chi connectivity index (χ0) is 22.8. The van der Waals surface area contributed by atoms with E-state index < -0.39 is 15.6 Å². The van der Waals surface area contributed by atoms with Gasteiger partial charge < -0.3 is 9.47 Å². The van der Waals surface area contributed by atoms with Gasteiger partial charge in [0.05, 0.1) is 24.6 Å². The van der Waals surface area contributed by atoms with Gasteiger partial charge in [0.1, 0.15) is 22.1 Å². The van der Waals surface area contributed by atoms with Crippen molar-refractivity contribution in [1.29, 1.82) is 0 Å². The van der Waals surface area contributed by atoms with E-state index in [1.807, 2.05) is 32.0 Å². The molecule has 0 atom stereocenters. The molecule has 0 fully saturated rings. The number of hydrogen-bond donors (Lipinski definition) is 1. The lowest BCUT2D eigenvalue weighted by Crippen LogP contribution is -2.23. The van der Waals surface area contributed by atoms with Crippen LogP contribution in [0.4, 0.5) is 5.69 Å². The fraction of sp³-hybridized carbons (Fsp3) is 0.318. The maximum Gasteiger partial charge on any atom is 0.296 e. The summed E-state index contributed by atoms with van der Waals surface area (Å²) in [4.78, 5) is 13.0. The monoisotopic (exact) mass is 445 g/mol. The molecule has 0 aliphatic heterocycles.